The minimum absolute atomic E-state index is 0.453. The normalized spacial score (nSPS) is 12.2. The van der Waals surface area contributed by atoms with Crippen molar-refractivity contribution in [3.8, 4) is 0 Å². The second-order valence-electron chi connectivity index (χ2n) is 6.11. The molecule has 0 aliphatic heterocycles. The first-order valence-electron chi connectivity index (χ1n) is 6.99. The van der Waals surface area contributed by atoms with Gasteiger partial charge in [-0.15, -0.1) is 11.3 Å². The van der Waals surface area contributed by atoms with Gasteiger partial charge in [-0.2, -0.15) is 0 Å². The van der Waals surface area contributed by atoms with E-state index < -0.39 is 17.2 Å². The summed E-state index contributed by atoms with van der Waals surface area (Å²) >= 11 is 1.63. The summed E-state index contributed by atoms with van der Waals surface area (Å²) < 4.78 is 28.9. The highest BCUT2D eigenvalue weighted by molar-refractivity contribution is 7.09. The van der Waals surface area contributed by atoms with E-state index in [1.165, 1.54) is 6.07 Å². The van der Waals surface area contributed by atoms with Gasteiger partial charge in [-0.25, -0.2) is 13.8 Å². The van der Waals surface area contributed by atoms with Gasteiger partial charge in [0.25, 0.3) is 0 Å². The number of thiophene rings is 1. The summed E-state index contributed by atoms with van der Waals surface area (Å²) in [6, 6.07) is 6.33. The summed E-state index contributed by atoms with van der Waals surface area (Å²) in [4.78, 5) is 5.63. The minimum atomic E-state index is -0.883. The molecule has 2 heterocycles. The van der Waals surface area contributed by atoms with Gasteiger partial charge < -0.3 is 10.3 Å². The number of rotatable bonds is 4. The number of fused-ring (bicyclic) bond motifs is 1. The van der Waals surface area contributed by atoms with E-state index in [1.54, 1.807) is 11.3 Å². The van der Waals surface area contributed by atoms with Crippen molar-refractivity contribution < 1.29 is 8.78 Å². The average Bonchev–Trinajstić information content (AvgIpc) is 3.00. The fourth-order valence-electron chi connectivity index (χ4n) is 2.46. The Bertz CT molecular complexity index is 801. The first-order valence-corrected chi connectivity index (χ1v) is 7.87. The number of nitrogens with two attached hydrogens (primary N) is 1. The number of hydrogen-bond acceptors (Lipinski definition) is 3. The van der Waals surface area contributed by atoms with Crippen molar-refractivity contribution >= 4 is 22.4 Å². The van der Waals surface area contributed by atoms with Crippen molar-refractivity contribution in [2.45, 2.75) is 32.4 Å². The molecule has 1 aromatic carbocycles. The van der Waals surface area contributed by atoms with Crippen molar-refractivity contribution in [3.05, 3.63) is 52.0 Å². The molecule has 2 aromatic heterocycles. The third kappa shape index (κ3) is 3.03. The molecule has 3 aromatic rings. The van der Waals surface area contributed by atoms with Gasteiger partial charge in [-0.05, 0) is 25.3 Å². The maximum absolute atomic E-state index is 13.6. The fraction of sp³-hybridized carbons (Fsp3) is 0.312. The van der Waals surface area contributed by atoms with Gasteiger partial charge in [0.1, 0.15) is 5.82 Å². The minimum Gasteiger partial charge on any atom is -0.326 e. The van der Waals surface area contributed by atoms with Crippen LogP contribution in [0.5, 0.6) is 0 Å². The molecule has 0 spiro atoms. The lowest BCUT2D eigenvalue weighted by atomic mass is 10.1. The Labute approximate surface area is 131 Å². The van der Waals surface area contributed by atoms with Crippen LogP contribution < -0.4 is 5.73 Å². The van der Waals surface area contributed by atoms with Crippen LogP contribution in [-0.4, -0.2) is 15.1 Å². The molecule has 2 N–H and O–H groups in total. The molecule has 0 fully saturated rings. The largest absolute Gasteiger partial charge is 0.326 e. The van der Waals surface area contributed by atoms with Crippen LogP contribution in [0.15, 0.2) is 29.6 Å². The first kappa shape index (κ1) is 15.1. The predicted octanol–water partition coefficient (Wildman–Crippen LogP) is 3.70. The topological polar surface area (TPSA) is 43.8 Å². The monoisotopic (exact) mass is 321 g/mol. The molecule has 0 unspecified atom stereocenters. The van der Waals surface area contributed by atoms with Crippen LogP contribution in [0.1, 0.15) is 24.5 Å². The molecule has 3 nitrogen and oxygen atoms in total. The Hall–Kier alpha value is -1.79. The van der Waals surface area contributed by atoms with Gasteiger partial charge in [0.2, 0.25) is 0 Å². The highest BCUT2D eigenvalue weighted by atomic mass is 32.1. The number of nitrogens with zero attached hydrogens (tertiary/aromatic N) is 2. The summed E-state index contributed by atoms with van der Waals surface area (Å²) in [5.41, 5.74) is 6.66. The Morgan fingerprint density at radius 2 is 2.00 bits per heavy atom. The van der Waals surface area contributed by atoms with Gasteiger partial charge in [0.15, 0.2) is 11.6 Å². The van der Waals surface area contributed by atoms with Gasteiger partial charge in [0, 0.05) is 35.5 Å². The fourth-order valence-corrected chi connectivity index (χ4v) is 3.16. The molecule has 6 heteroatoms. The standard InChI is InChI=1S/C16H17F2N3S/c1-16(2,19)9-21-14-8-12(18)11(17)7-13(14)20-15(21)6-10-4-3-5-22-10/h3-5,7-8H,6,9,19H2,1-2H3. The number of halogens is 2. The SMILES string of the molecule is CC(C)(N)Cn1c(Cc2cccs2)nc2cc(F)c(F)cc21. The van der Waals surface area contributed by atoms with E-state index in [2.05, 4.69) is 4.98 Å². The van der Waals surface area contributed by atoms with Gasteiger partial charge in [-0.1, -0.05) is 6.07 Å². The average molecular weight is 321 g/mol. The van der Waals surface area contributed by atoms with Crippen LogP contribution in [0, 0.1) is 11.6 Å². The van der Waals surface area contributed by atoms with Crippen LogP contribution >= 0.6 is 11.3 Å². The van der Waals surface area contributed by atoms with E-state index >= 15 is 0 Å². The quantitative estimate of drug-likeness (QED) is 0.796. The molecule has 0 atom stereocenters. The van der Waals surface area contributed by atoms with Crippen molar-refractivity contribution in [1.82, 2.24) is 9.55 Å². The van der Waals surface area contributed by atoms with E-state index in [0.717, 1.165) is 16.8 Å². The molecule has 0 aliphatic rings. The zero-order valence-electron chi connectivity index (χ0n) is 12.4. The van der Waals surface area contributed by atoms with Gasteiger partial charge >= 0.3 is 0 Å². The molecule has 0 amide bonds. The Kier molecular flexibility index (Phi) is 3.74. The van der Waals surface area contributed by atoms with E-state index in [4.69, 9.17) is 5.73 Å². The maximum Gasteiger partial charge on any atom is 0.161 e. The molecule has 0 aliphatic carbocycles. The lowest BCUT2D eigenvalue weighted by Gasteiger charge is -2.21. The summed E-state index contributed by atoms with van der Waals surface area (Å²) in [5.74, 6) is -0.987. The van der Waals surface area contributed by atoms with Crippen molar-refractivity contribution in [2.75, 3.05) is 0 Å². The zero-order valence-corrected chi connectivity index (χ0v) is 13.3. The molecule has 0 bridgehead atoms. The molecule has 116 valence electrons. The number of imidazole rings is 1. The molecule has 0 saturated carbocycles. The molecule has 0 saturated heterocycles. The summed E-state index contributed by atoms with van der Waals surface area (Å²) in [7, 11) is 0. The van der Waals surface area contributed by atoms with Crippen LogP contribution in [-0.2, 0) is 13.0 Å². The molecule has 3 rings (SSSR count). The van der Waals surface area contributed by atoms with Crippen molar-refractivity contribution in [3.63, 3.8) is 0 Å². The summed E-state index contributed by atoms with van der Waals surface area (Å²) in [6.45, 7) is 4.27. The van der Waals surface area contributed by atoms with E-state index in [0.29, 0.717) is 24.0 Å². The lowest BCUT2D eigenvalue weighted by Crippen LogP contribution is -2.37. The Morgan fingerprint density at radius 1 is 1.27 bits per heavy atom. The number of aromatic nitrogens is 2. The lowest BCUT2D eigenvalue weighted by molar-refractivity contribution is 0.432. The van der Waals surface area contributed by atoms with Crippen LogP contribution in [0.25, 0.3) is 11.0 Å². The Balaban J connectivity index is 2.14. The van der Waals surface area contributed by atoms with E-state index in [9.17, 15) is 8.78 Å². The Morgan fingerprint density at radius 3 is 2.64 bits per heavy atom. The molecule has 0 radical (unpaired) electrons. The molecular weight excluding hydrogens is 304 g/mol. The smallest absolute Gasteiger partial charge is 0.161 e. The van der Waals surface area contributed by atoms with Gasteiger partial charge in [0.05, 0.1) is 11.0 Å². The third-order valence-corrected chi connectivity index (χ3v) is 4.22. The summed E-state index contributed by atoms with van der Waals surface area (Å²) in [6.07, 6.45) is 0.617. The van der Waals surface area contributed by atoms with Crippen molar-refractivity contribution in [1.29, 1.82) is 0 Å². The number of benzene rings is 1. The maximum atomic E-state index is 13.6. The zero-order chi connectivity index (χ0) is 15.9. The van der Waals surface area contributed by atoms with E-state index in [1.807, 2.05) is 35.9 Å². The van der Waals surface area contributed by atoms with Crippen molar-refractivity contribution in [2.24, 2.45) is 5.73 Å². The van der Waals surface area contributed by atoms with Crippen LogP contribution in [0.4, 0.5) is 8.78 Å². The van der Waals surface area contributed by atoms with Gasteiger partial charge in [-0.3, -0.25) is 0 Å². The second-order valence-corrected chi connectivity index (χ2v) is 7.15. The molecular formula is C16H17F2N3S. The molecule has 22 heavy (non-hydrogen) atoms. The summed E-state index contributed by atoms with van der Waals surface area (Å²) in [5, 5.41) is 1.99. The number of hydrogen-bond donors (Lipinski definition) is 1. The van der Waals surface area contributed by atoms with Crippen LogP contribution in [0.2, 0.25) is 0 Å². The second kappa shape index (κ2) is 5.44. The highest BCUT2D eigenvalue weighted by Crippen LogP contribution is 2.24. The third-order valence-electron chi connectivity index (χ3n) is 3.35. The van der Waals surface area contributed by atoms with E-state index in [-0.39, 0.29) is 0 Å². The first-order chi connectivity index (χ1) is 10.3. The van der Waals surface area contributed by atoms with Crippen LogP contribution in [0.3, 0.4) is 0 Å². The highest BCUT2D eigenvalue weighted by Gasteiger charge is 2.20. The predicted molar refractivity (Wildman–Crippen MR) is 85.0 cm³/mol.